The number of hydrogen-bond acceptors (Lipinski definition) is 2. The minimum absolute atomic E-state index is 0.0149. The number of carbonyl (C=O) groups is 1. The summed E-state index contributed by atoms with van der Waals surface area (Å²) >= 11 is 0. The number of hydrogen-bond donors (Lipinski definition) is 2. The molecule has 5 heteroatoms. The minimum Gasteiger partial charge on any atom is -0.350 e. The van der Waals surface area contributed by atoms with E-state index in [4.69, 9.17) is 5.73 Å². The number of nitrogens with two attached hydrogens (primary N) is 1. The maximum Gasteiger partial charge on any atom is 0.254 e. The molecule has 3 rings (SSSR count). The molecule has 1 unspecified atom stereocenters. The zero-order valence-electron chi connectivity index (χ0n) is 12.6. The molecule has 0 radical (unpaired) electrons. The first-order chi connectivity index (χ1) is 11.0. The molecule has 0 aliphatic heterocycles. The summed E-state index contributed by atoms with van der Waals surface area (Å²) in [6.45, 7) is 0.350. The van der Waals surface area contributed by atoms with Crippen molar-refractivity contribution in [2.75, 3.05) is 6.54 Å². The minimum atomic E-state index is -0.607. The molecule has 0 saturated heterocycles. The van der Waals surface area contributed by atoms with Crippen molar-refractivity contribution in [2.24, 2.45) is 11.7 Å². The molecular weight excluding hydrogens is 298 g/mol. The summed E-state index contributed by atoms with van der Waals surface area (Å²) in [6.07, 6.45) is 2.19. The summed E-state index contributed by atoms with van der Waals surface area (Å²) in [4.78, 5) is 12.0. The lowest BCUT2D eigenvalue weighted by atomic mass is 10.0. The van der Waals surface area contributed by atoms with Gasteiger partial charge < -0.3 is 11.1 Å². The second kappa shape index (κ2) is 6.46. The van der Waals surface area contributed by atoms with Gasteiger partial charge in [0.05, 0.1) is 5.56 Å². The molecule has 120 valence electrons. The van der Waals surface area contributed by atoms with Crippen LogP contribution in [0.5, 0.6) is 0 Å². The van der Waals surface area contributed by atoms with E-state index >= 15 is 0 Å². The highest BCUT2D eigenvalue weighted by Gasteiger charge is 2.28. The van der Waals surface area contributed by atoms with Gasteiger partial charge in [0.25, 0.3) is 5.91 Å². The third-order valence-electron chi connectivity index (χ3n) is 4.12. The topological polar surface area (TPSA) is 55.1 Å². The fourth-order valence-corrected chi connectivity index (χ4v) is 2.52. The van der Waals surface area contributed by atoms with E-state index in [1.807, 2.05) is 0 Å². The van der Waals surface area contributed by atoms with Gasteiger partial charge in [0, 0.05) is 12.6 Å². The maximum absolute atomic E-state index is 14.2. The van der Waals surface area contributed by atoms with Gasteiger partial charge in [-0.3, -0.25) is 4.79 Å². The second-order valence-corrected chi connectivity index (χ2v) is 5.91. The number of rotatable bonds is 5. The SMILES string of the molecule is NC(CNC(=O)c1ccc(-c2ccc(F)cc2)cc1F)C1CC1. The Morgan fingerprint density at radius 2 is 1.78 bits per heavy atom. The van der Waals surface area contributed by atoms with Crippen LogP contribution in [0.15, 0.2) is 42.5 Å². The van der Waals surface area contributed by atoms with Gasteiger partial charge in [0.2, 0.25) is 0 Å². The monoisotopic (exact) mass is 316 g/mol. The average molecular weight is 316 g/mol. The van der Waals surface area contributed by atoms with E-state index in [0.717, 1.165) is 12.8 Å². The summed E-state index contributed by atoms with van der Waals surface area (Å²) in [6, 6.07) is 10.1. The molecule has 1 amide bonds. The molecule has 3 N–H and O–H groups in total. The number of nitrogens with one attached hydrogen (secondary N) is 1. The highest BCUT2D eigenvalue weighted by Crippen LogP contribution is 2.31. The van der Waals surface area contributed by atoms with Crippen molar-refractivity contribution in [1.29, 1.82) is 0 Å². The van der Waals surface area contributed by atoms with Gasteiger partial charge in [0.1, 0.15) is 11.6 Å². The average Bonchev–Trinajstić information content (AvgIpc) is 3.38. The lowest BCUT2D eigenvalue weighted by molar-refractivity contribution is 0.0946. The molecular formula is C18H18F2N2O. The first-order valence-electron chi connectivity index (χ1n) is 7.64. The summed E-state index contributed by atoms with van der Waals surface area (Å²) in [5.41, 5.74) is 7.18. The van der Waals surface area contributed by atoms with Crippen LogP contribution in [0.25, 0.3) is 11.1 Å². The quantitative estimate of drug-likeness (QED) is 0.890. The fraction of sp³-hybridized carbons (Fsp3) is 0.278. The first-order valence-corrected chi connectivity index (χ1v) is 7.64. The molecule has 2 aromatic carbocycles. The Balaban J connectivity index is 1.70. The summed E-state index contributed by atoms with van der Waals surface area (Å²) < 4.78 is 27.1. The van der Waals surface area contributed by atoms with Gasteiger partial charge in [-0.1, -0.05) is 18.2 Å². The van der Waals surface area contributed by atoms with Crippen LogP contribution >= 0.6 is 0 Å². The van der Waals surface area contributed by atoms with Crippen LogP contribution < -0.4 is 11.1 Å². The highest BCUT2D eigenvalue weighted by atomic mass is 19.1. The van der Waals surface area contributed by atoms with Gasteiger partial charge in [-0.05, 0) is 54.2 Å². The number of amides is 1. The van der Waals surface area contributed by atoms with Crippen LogP contribution in [0, 0.1) is 17.6 Å². The first kappa shape index (κ1) is 15.6. The van der Waals surface area contributed by atoms with E-state index in [1.54, 1.807) is 18.2 Å². The van der Waals surface area contributed by atoms with Crippen molar-refractivity contribution in [3.63, 3.8) is 0 Å². The van der Waals surface area contributed by atoms with E-state index in [9.17, 15) is 13.6 Å². The predicted octanol–water partition coefficient (Wildman–Crippen LogP) is 3.10. The smallest absolute Gasteiger partial charge is 0.254 e. The van der Waals surface area contributed by atoms with Gasteiger partial charge in [-0.25, -0.2) is 8.78 Å². The Labute approximate surface area is 133 Å². The molecule has 3 nitrogen and oxygen atoms in total. The van der Waals surface area contributed by atoms with Gasteiger partial charge in [0.15, 0.2) is 0 Å². The van der Waals surface area contributed by atoms with Crippen LogP contribution in [0.1, 0.15) is 23.2 Å². The van der Waals surface area contributed by atoms with Crippen LogP contribution in [0.3, 0.4) is 0 Å². The van der Waals surface area contributed by atoms with E-state index in [0.29, 0.717) is 23.6 Å². The Morgan fingerprint density at radius 3 is 2.39 bits per heavy atom. The van der Waals surface area contributed by atoms with Gasteiger partial charge >= 0.3 is 0 Å². The largest absolute Gasteiger partial charge is 0.350 e. The molecule has 0 heterocycles. The summed E-state index contributed by atoms with van der Waals surface area (Å²) in [5.74, 6) is -0.952. The molecule has 1 atom stereocenters. The van der Waals surface area contributed by atoms with Crippen molar-refractivity contribution in [3.8, 4) is 11.1 Å². The van der Waals surface area contributed by atoms with E-state index in [1.165, 1.54) is 24.3 Å². The molecule has 0 aromatic heterocycles. The lowest BCUT2D eigenvalue weighted by Gasteiger charge is -2.12. The number of benzene rings is 2. The zero-order chi connectivity index (χ0) is 16.4. The molecule has 2 aromatic rings. The molecule has 1 fully saturated rings. The highest BCUT2D eigenvalue weighted by molar-refractivity contribution is 5.95. The molecule has 0 bridgehead atoms. The molecule has 0 spiro atoms. The van der Waals surface area contributed by atoms with E-state index in [-0.39, 0.29) is 17.4 Å². The second-order valence-electron chi connectivity index (χ2n) is 5.91. The predicted molar refractivity (Wildman–Crippen MR) is 84.8 cm³/mol. The Kier molecular flexibility index (Phi) is 4.39. The molecule has 1 saturated carbocycles. The van der Waals surface area contributed by atoms with Crippen LogP contribution in [-0.4, -0.2) is 18.5 Å². The molecule has 1 aliphatic rings. The fourth-order valence-electron chi connectivity index (χ4n) is 2.52. The summed E-state index contributed by atoms with van der Waals surface area (Å²) in [5, 5.41) is 2.67. The van der Waals surface area contributed by atoms with Crippen molar-refractivity contribution >= 4 is 5.91 Å². The van der Waals surface area contributed by atoms with Crippen LogP contribution in [0.2, 0.25) is 0 Å². The Hall–Kier alpha value is -2.27. The Bertz CT molecular complexity index is 711. The van der Waals surface area contributed by atoms with Crippen molar-refractivity contribution in [2.45, 2.75) is 18.9 Å². The van der Waals surface area contributed by atoms with E-state index < -0.39 is 11.7 Å². The molecule has 23 heavy (non-hydrogen) atoms. The van der Waals surface area contributed by atoms with E-state index in [2.05, 4.69) is 5.32 Å². The van der Waals surface area contributed by atoms with Crippen molar-refractivity contribution < 1.29 is 13.6 Å². The normalized spacial score (nSPS) is 15.3. The maximum atomic E-state index is 14.2. The summed E-state index contributed by atoms with van der Waals surface area (Å²) in [7, 11) is 0. The molecule has 1 aliphatic carbocycles. The number of halogens is 2. The zero-order valence-corrected chi connectivity index (χ0v) is 12.6. The van der Waals surface area contributed by atoms with Crippen molar-refractivity contribution in [3.05, 3.63) is 59.7 Å². The third-order valence-corrected chi connectivity index (χ3v) is 4.12. The standard InChI is InChI=1S/C18H18F2N2O/c19-14-6-3-11(4-7-14)13-5-8-15(16(20)9-13)18(23)22-10-17(21)12-1-2-12/h3-9,12,17H,1-2,10,21H2,(H,22,23). The Morgan fingerprint density at radius 1 is 1.13 bits per heavy atom. The lowest BCUT2D eigenvalue weighted by Crippen LogP contribution is -2.38. The van der Waals surface area contributed by atoms with Crippen molar-refractivity contribution in [1.82, 2.24) is 5.32 Å². The number of carbonyl (C=O) groups excluding carboxylic acids is 1. The van der Waals surface area contributed by atoms with Gasteiger partial charge in [-0.2, -0.15) is 0 Å². The third kappa shape index (κ3) is 3.74. The van der Waals surface area contributed by atoms with Gasteiger partial charge in [-0.15, -0.1) is 0 Å². The van der Waals surface area contributed by atoms with Crippen LogP contribution in [-0.2, 0) is 0 Å². The van der Waals surface area contributed by atoms with Crippen LogP contribution in [0.4, 0.5) is 8.78 Å².